The van der Waals surface area contributed by atoms with Crippen LogP contribution in [0.15, 0.2) is 35.5 Å². The first-order valence-corrected chi connectivity index (χ1v) is 9.53. The Morgan fingerprint density at radius 2 is 1.86 bits per heavy atom. The number of carbonyl (C=O) groups is 3. The average Bonchev–Trinajstić information content (AvgIpc) is 2.65. The van der Waals surface area contributed by atoms with Crippen LogP contribution >= 0.6 is 0 Å². The number of ether oxygens (including phenoxy) is 1. The van der Waals surface area contributed by atoms with Crippen molar-refractivity contribution in [2.45, 2.75) is 40.2 Å². The molecule has 4 amide bonds. The van der Waals surface area contributed by atoms with E-state index in [9.17, 15) is 14.4 Å². The number of anilines is 1. The molecule has 1 heterocycles. The van der Waals surface area contributed by atoms with Crippen LogP contribution in [-0.4, -0.2) is 42.6 Å². The maximum absolute atomic E-state index is 12.6. The number of nitrogens with zero attached hydrogens (tertiary/aromatic N) is 1. The molecule has 0 bridgehead atoms. The molecule has 0 aliphatic carbocycles. The lowest BCUT2D eigenvalue weighted by Crippen LogP contribution is -2.48. The van der Waals surface area contributed by atoms with E-state index in [0.29, 0.717) is 30.0 Å². The highest BCUT2D eigenvalue weighted by Crippen LogP contribution is 2.32. The molecule has 8 nitrogen and oxygen atoms in total. The van der Waals surface area contributed by atoms with Crippen LogP contribution in [0.5, 0.6) is 0 Å². The molecule has 1 aliphatic rings. The van der Waals surface area contributed by atoms with Crippen LogP contribution in [0.4, 0.5) is 15.3 Å². The monoisotopic (exact) mass is 388 g/mol. The lowest BCUT2D eigenvalue weighted by molar-refractivity contribution is -0.139. The van der Waals surface area contributed by atoms with Gasteiger partial charge in [0.05, 0.1) is 18.2 Å². The van der Waals surface area contributed by atoms with Gasteiger partial charge in [0.15, 0.2) is 0 Å². The van der Waals surface area contributed by atoms with Crippen molar-refractivity contribution < 1.29 is 19.1 Å². The smallest absolute Gasteiger partial charge is 0.338 e. The van der Waals surface area contributed by atoms with E-state index in [-0.39, 0.29) is 18.7 Å². The van der Waals surface area contributed by atoms with E-state index in [1.54, 1.807) is 43.0 Å². The van der Waals surface area contributed by atoms with Gasteiger partial charge in [-0.1, -0.05) is 19.1 Å². The number of carbonyl (C=O) groups excluding carboxylic acids is 3. The summed E-state index contributed by atoms with van der Waals surface area (Å²) in [5.74, 6) is -0.448. The minimum Gasteiger partial charge on any atom is -0.463 e. The standard InChI is InChI=1S/C20H28N4O4/c1-5-12-24-13(4)16(18(25)28-7-3)17(23-20(24)27)14-8-10-15(11-9-14)22-19(26)21-6-2/h8-11,17H,5-7,12H2,1-4H3,(H,23,27)(H2,21,22,26). The summed E-state index contributed by atoms with van der Waals surface area (Å²) in [6, 6.07) is 5.85. The van der Waals surface area contributed by atoms with Gasteiger partial charge in [-0.2, -0.15) is 0 Å². The highest BCUT2D eigenvalue weighted by Gasteiger charge is 2.36. The summed E-state index contributed by atoms with van der Waals surface area (Å²) in [7, 11) is 0. The van der Waals surface area contributed by atoms with E-state index in [1.807, 2.05) is 13.8 Å². The molecule has 28 heavy (non-hydrogen) atoms. The second kappa shape index (κ2) is 9.77. The van der Waals surface area contributed by atoms with Gasteiger partial charge in [-0.05, 0) is 44.9 Å². The number of hydrogen-bond acceptors (Lipinski definition) is 4. The second-order valence-corrected chi connectivity index (χ2v) is 6.36. The number of benzene rings is 1. The summed E-state index contributed by atoms with van der Waals surface area (Å²) >= 11 is 0. The fourth-order valence-electron chi connectivity index (χ4n) is 3.09. The van der Waals surface area contributed by atoms with Crippen molar-refractivity contribution in [3.05, 3.63) is 41.1 Å². The molecule has 1 aromatic rings. The molecule has 1 aromatic carbocycles. The molecule has 0 radical (unpaired) electrons. The van der Waals surface area contributed by atoms with Crippen LogP contribution in [0.3, 0.4) is 0 Å². The Kier molecular flexibility index (Phi) is 7.43. The lowest BCUT2D eigenvalue weighted by Gasteiger charge is -2.35. The molecule has 0 aromatic heterocycles. The third-order valence-corrected chi connectivity index (χ3v) is 4.38. The van der Waals surface area contributed by atoms with E-state index < -0.39 is 12.0 Å². The molecule has 1 unspecified atom stereocenters. The highest BCUT2D eigenvalue weighted by atomic mass is 16.5. The van der Waals surface area contributed by atoms with Crippen molar-refractivity contribution in [2.75, 3.05) is 25.0 Å². The van der Waals surface area contributed by atoms with Crippen molar-refractivity contribution in [1.82, 2.24) is 15.5 Å². The molecular formula is C20H28N4O4. The molecule has 0 saturated carbocycles. The molecule has 0 saturated heterocycles. The first kappa shape index (κ1) is 21.3. The minimum atomic E-state index is -0.613. The van der Waals surface area contributed by atoms with Gasteiger partial charge in [-0.15, -0.1) is 0 Å². The number of amides is 4. The summed E-state index contributed by atoms with van der Waals surface area (Å²) in [5, 5.41) is 8.27. The predicted molar refractivity (Wildman–Crippen MR) is 107 cm³/mol. The highest BCUT2D eigenvalue weighted by molar-refractivity contribution is 5.95. The van der Waals surface area contributed by atoms with Crippen LogP contribution in [0.1, 0.15) is 45.7 Å². The number of hydrogen-bond donors (Lipinski definition) is 3. The molecule has 8 heteroatoms. The van der Waals surface area contributed by atoms with E-state index in [1.165, 1.54) is 0 Å². The third kappa shape index (κ3) is 4.82. The third-order valence-electron chi connectivity index (χ3n) is 4.38. The molecule has 1 atom stereocenters. The van der Waals surface area contributed by atoms with Crippen molar-refractivity contribution >= 4 is 23.7 Å². The van der Waals surface area contributed by atoms with Gasteiger partial charge < -0.3 is 20.7 Å². The summed E-state index contributed by atoms with van der Waals surface area (Å²) in [6.07, 6.45) is 0.770. The number of rotatable bonds is 7. The molecule has 0 fully saturated rings. The van der Waals surface area contributed by atoms with Crippen LogP contribution in [-0.2, 0) is 9.53 Å². The molecular weight excluding hydrogens is 360 g/mol. The maximum atomic E-state index is 12.6. The summed E-state index contributed by atoms with van der Waals surface area (Å²) < 4.78 is 5.23. The predicted octanol–water partition coefficient (Wildman–Crippen LogP) is 3.14. The normalized spacial score (nSPS) is 16.5. The summed E-state index contributed by atoms with van der Waals surface area (Å²) in [6.45, 7) is 8.61. The summed E-state index contributed by atoms with van der Waals surface area (Å²) in [4.78, 5) is 38.4. The van der Waals surface area contributed by atoms with Gasteiger partial charge in [0, 0.05) is 24.5 Å². The fraction of sp³-hybridized carbons (Fsp3) is 0.450. The topological polar surface area (TPSA) is 99.8 Å². The SMILES string of the molecule is CCCN1C(=O)NC(c2ccc(NC(=O)NCC)cc2)C(C(=O)OCC)=C1C. The second-order valence-electron chi connectivity index (χ2n) is 6.36. The minimum absolute atomic E-state index is 0.248. The van der Waals surface area contributed by atoms with Crippen LogP contribution in [0.25, 0.3) is 0 Å². The number of allylic oxidation sites excluding steroid dienone is 1. The van der Waals surface area contributed by atoms with Crippen molar-refractivity contribution in [3.8, 4) is 0 Å². The zero-order chi connectivity index (χ0) is 20.7. The maximum Gasteiger partial charge on any atom is 0.338 e. The first-order chi connectivity index (χ1) is 13.4. The summed E-state index contributed by atoms with van der Waals surface area (Å²) in [5.41, 5.74) is 2.36. The molecule has 2 rings (SSSR count). The Bertz CT molecular complexity index is 758. The van der Waals surface area contributed by atoms with E-state index >= 15 is 0 Å². The quantitative estimate of drug-likeness (QED) is 0.625. The van der Waals surface area contributed by atoms with Crippen LogP contribution < -0.4 is 16.0 Å². The van der Waals surface area contributed by atoms with Gasteiger partial charge in [0.1, 0.15) is 0 Å². The van der Waals surface area contributed by atoms with E-state index in [0.717, 1.165) is 12.0 Å². The van der Waals surface area contributed by atoms with Crippen LogP contribution in [0, 0.1) is 0 Å². The van der Waals surface area contributed by atoms with E-state index in [2.05, 4.69) is 16.0 Å². The zero-order valence-electron chi connectivity index (χ0n) is 16.8. The Balaban J connectivity index is 2.34. The molecule has 1 aliphatic heterocycles. The fourth-order valence-corrected chi connectivity index (χ4v) is 3.09. The van der Waals surface area contributed by atoms with Crippen molar-refractivity contribution in [1.29, 1.82) is 0 Å². The van der Waals surface area contributed by atoms with Gasteiger partial charge in [-0.25, -0.2) is 14.4 Å². The van der Waals surface area contributed by atoms with Crippen molar-refractivity contribution in [2.24, 2.45) is 0 Å². The Morgan fingerprint density at radius 1 is 1.18 bits per heavy atom. The molecule has 0 spiro atoms. The number of esters is 1. The largest absolute Gasteiger partial charge is 0.463 e. The van der Waals surface area contributed by atoms with Gasteiger partial charge >= 0.3 is 18.0 Å². The zero-order valence-corrected chi connectivity index (χ0v) is 16.8. The Hall–Kier alpha value is -3.03. The van der Waals surface area contributed by atoms with Crippen LogP contribution in [0.2, 0.25) is 0 Å². The molecule has 152 valence electrons. The van der Waals surface area contributed by atoms with Gasteiger partial charge in [0.25, 0.3) is 0 Å². The Morgan fingerprint density at radius 3 is 2.43 bits per heavy atom. The van der Waals surface area contributed by atoms with E-state index in [4.69, 9.17) is 4.74 Å². The Labute approximate surface area is 165 Å². The van der Waals surface area contributed by atoms with Gasteiger partial charge in [-0.3, -0.25) is 4.90 Å². The number of nitrogens with one attached hydrogen (secondary N) is 3. The average molecular weight is 388 g/mol. The van der Waals surface area contributed by atoms with Gasteiger partial charge in [0.2, 0.25) is 0 Å². The number of urea groups is 2. The van der Waals surface area contributed by atoms with Crippen molar-refractivity contribution in [3.63, 3.8) is 0 Å². The first-order valence-electron chi connectivity index (χ1n) is 9.53. The molecule has 3 N–H and O–H groups in total. The lowest BCUT2D eigenvalue weighted by atomic mass is 9.94.